The molecule has 1 N–H and O–H groups in total. The highest BCUT2D eigenvalue weighted by atomic mass is 79.9. The summed E-state index contributed by atoms with van der Waals surface area (Å²) in [5.74, 6) is -0.459. The summed E-state index contributed by atoms with van der Waals surface area (Å²) < 4.78 is 39.7. The monoisotopic (exact) mass is 350 g/mol. The van der Waals surface area contributed by atoms with Crippen LogP contribution in [0.15, 0.2) is 27.6 Å². The number of piperidine rings is 1. The Bertz CT molecular complexity index is 557. The Balaban J connectivity index is 2.23. The summed E-state index contributed by atoms with van der Waals surface area (Å²) in [4.78, 5) is 0.122. The zero-order valence-electron chi connectivity index (χ0n) is 10.6. The fourth-order valence-electron chi connectivity index (χ4n) is 2.21. The summed E-state index contributed by atoms with van der Waals surface area (Å²) in [6.07, 6.45) is 1.57. The Labute approximate surface area is 121 Å². The minimum Gasteiger partial charge on any atom is -0.317 e. The first-order valence-corrected chi connectivity index (χ1v) is 8.31. The summed E-state index contributed by atoms with van der Waals surface area (Å²) in [5.41, 5.74) is 0. The van der Waals surface area contributed by atoms with E-state index in [4.69, 9.17) is 0 Å². The number of nitrogens with zero attached hydrogens (tertiary/aromatic N) is 1. The Morgan fingerprint density at radius 1 is 1.37 bits per heavy atom. The van der Waals surface area contributed by atoms with E-state index >= 15 is 0 Å². The molecule has 7 heteroatoms. The van der Waals surface area contributed by atoms with Gasteiger partial charge in [0.15, 0.2) is 0 Å². The van der Waals surface area contributed by atoms with Crippen LogP contribution >= 0.6 is 15.9 Å². The molecular weight excluding hydrogens is 335 g/mol. The van der Waals surface area contributed by atoms with Crippen LogP contribution in [0.25, 0.3) is 0 Å². The first-order chi connectivity index (χ1) is 8.95. The van der Waals surface area contributed by atoms with E-state index in [0.29, 0.717) is 19.1 Å². The van der Waals surface area contributed by atoms with Gasteiger partial charge in [-0.05, 0) is 54.0 Å². The van der Waals surface area contributed by atoms with E-state index in [1.807, 2.05) is 7.05 Å². The molecule has 1 heterocycles. The smallest absolute Gasteiger partial charge is 0.244 e. The van der Waals surface area contributed by atoms with E-state index in [-0.39, 0.29) is 9.37 Å². The minimum absolute atomic E-state index is 0.122. The molecule has 1 aromatic rings. The fraction of sp³-hybridized carbons (Fsp3) is 0.500. The van der Waals surface area contributed by atoms with Crippen molar-refractivity contribution in [1.82, 2.24) is 9.62 Å². The van der Waals surface area contributed by atoms with Crippen molar-refractivity contribution < 1.29 is 12.8 Å². The number of halogens is 2. The summed E-state index contributed by atoms with van der Waals surface area (Å²) >= 11 is 3.12. The summed E-state index contributed by atoms with van der Waals surface area (Å²) in [5, 5.41) is 3.15. The first-order valence-electron chi connectivity index (χ1n) is 6.07. The Morgan fingerprint density at radius 2 is 2.00 bits per heavy atom. The van der Waals surface area contributed by atoms with Gasteiger partial charge in [-0.1, -0.05) is 0 Å². The zero-order valence-corrected chi connectivity index (χ0v) is 13.0. The van der Waals surface area contributed by atoms with Crippen molar-refractivity contribution in [3.8, 4) is 0 Å². The first kappa shape index (κ1) is 14.9. The molecule has 0 radical (unpaired) electrons. The predicted molar refractivity (Wildman–Crippen MR) is 74.9 cm³/mol. The molecule has 0 aliphatic carbocycles. The van der Waals surface area contributed by atoms with Crippen LogP contribution in [0.3, 0.4) is 0 Å². The predicted octanol–water partition coefficient (Wildman–Crippen LogP) is 1.96. The van der Waals surface area contributed by atoms with Crippen LogP contribution in [0.4, 0.5) is 4.39 Å². The highest BCUT2D eigenvalue weighted by Crippen LogP contribution is 2.27. The van der Waals surface area contributed by atoms with Crippen molar-refractivity contribution in [3.05, 3.63) is 28.5 Å². The lowest BCUT2D eigenvalue weighted by molar-refractivity contribution is 0.298. The van der Waals surface area contributed by atoms with Crippen LogP contribution in [0, 0.1) is 5.82 Å². The Hall–Kier alpha value is -0.500. The van der Waals surface area contributed by atoms with E-state index in [9.17, 15) is 12.8 Å². The maximum absolute atomic E-state index is 13.0. The van der Waals surface area contributed by atoms with Gasteiger partial charge in [-0.15, -0.1) is 0 Å². The maximum Gasteiger partial charge on any atom is 0.244 e. The van der Waals surface area contributed by atoms with Gasteiger partial charge in [0.25, 0.3) is 0 Å². The third-order valence-electron chi connectivity index (χ3n) is 3.37. The number of hydrogen-bond acceptors (Lipinski definition) is 3. The van der Waals surface area contributed by atoms with Gasteiger partial charge in [-0.2, -0.15) is 4.31 Å². The molecule has 0 saturated carbocycles. The van der Waals surface area contributed by atoms with E-state index in [0.717, 1.165) is 18.9 Å². The van der Waals surface area contributed by atoms with Crippen LogP contribution < -0.4 is 5.32 Å². The molecular formula is C12H16BrFN2O2S. The molecule has 106 valence electrons. The second kappa shape index (κ2) is 5.87. The number of sulfonamides is 1. The second-order valence-corrected chi connectivity index (χ2v) is 7.30. The largest absolute Gasteiger partial charge is 0.317 e. The number of hydrogen-bond donors (Lipinski definition) is 1. The highest BCUT2D eigenvalue weighted by Gasteiger charge is 2.30. The average Bonchev–Trinajstić information content (AvgIpc) is 2.38. The van der Waals surface area contributed by atoms with Gasteiger partial charge >= 0.3 is 0 Å². The van der Waals surface area contributed by atoms with E-state index in [1.54, 1.807) is 0 Å². The summed E-state index contributed by atoms with van der Waals surface area (Å²) in [6, 6.07) is 4.01. The van der Waals surface area contributed by atoms with Crippen molar-refractivity contribution in [2.45, 2.75) is 23.8 Å². The molecule has 1 aliphatic heterocycles. The van der Waals surface area contributed by atoms with Crippen LogP contribution in [0.5, 0.6) is 0 Å². The van der Waals surface area contributed by atoms with Crippen molar-refractivity contribution in [2.75, 3.05) is 20.1 Å². The molecule has 1 saturated heterocycles. The van der Waals surface area contributed by atoms with Crippen LogP contribution in [-0.4, -0.2) is 38.9 Å². The number of nitrogens with one attached hydrogen (secondary N) is 1. The number of benzene rings is 1. The molecule has 1 fully saturated rings. The lowest BCUT2D eigenvalue weighted by atomic mass is 10.1. The lowest BCUT2D eigenvalue weighted by Crippen LogP contribution is -2.43. The van der Waals surface area contributed by atoms with E-state index < -0.39 is 15.8 Å². The normalized spacial score (nSPS) is 18.7. The van der Waals surface area contributed by atoms with Crippen LogP contribution in [0.1, 0.15) is 12.8 Å². The van der Waals surface area contributed by atoms with Crippen molar-refractivity contribution >= 4 is 26.0 Å². The molecule has 0 atom stereocenters. The molecule has 0 bridgehead atoms. The minimum atomic E-state index is -3.55. The summed E-state index contributed by atoms with van der Waals surface area (Å²) in [7, 11) is -1.67. The topological polar surface area (TPSA) is 49.4 Å². The third kappa shape index (κ3) is 3.16. The molecule has 0 spiro atoms. The Kier molecular flexibility index (Phi) is 4.60. The van der Waals surface area contributed by atoms with Gasteiger partial charge < -0.3 is 5.32 Å². The van der Waals surface area contributed by atoms with Crippen molar-refractivity contribution in [3.63, 3.8) is 0 Å². The molecule has 1 aliphatic rings. The van der Waals surface area contributed by atoms with Crippen LogP contribution in [-0.2, 0) is 10.0 Å². The quantitative estimate of drug-likeness (QED) is 0.906. The summed E-state index contributed by atoms with van der Waals surface area (Å²) in [6.45, 7) is 0.968. The van der Waals surface area contributed by atoms with Crippen molar-refractivity contribution in [1.29, 1.82) is 0 Å². The highest BCUT2D eigenvalue weighted by molar-refractivity contribution is 9.10. The Morgan fingerprint density at radius 3 is 2.53 bits per heavy atom. The molecule has 4 nitrogen and oxygen atoms in total. The van der Waals surface area contributed by atoms with E-state index in [1.165, 1.54) is 16.4 Å². The molecule has 1 aromatic carbocycles. The third-order valence-corrected chi connectivity index (χ3v) is 6.25. The second-order valence-electron chi connectivity index (χ2n) is 4.54. The van der Waals surface area contributed by atoms with Gasteiger partial charge in [0.1, 0.15) is 5.82 Å². The van der Waals surface area contributed by atoms with Crippen molar-refractivity contribution in [2.24, 2.45) is 0 Å². The average molecular weight is 351 g/mol. The SMILES string of the molecule is CNC1CCN(S(=O)(=O)c2ccc(F)cc2Br)CC1. The van der Waals surface area contributed by atoms with Gasteiger partial charge in [0.05, 0.1) is 4.90 Å². The molecule has 19 heavy (non-hydrogen) atoms. The number of rotatable bonds is 3. The van der Waals surface area contributed by atoms with Crippen LogP contribution in [0.2, 0.25) is 0 Å². The molecule has 0 unspecified atom stereocenters. The fourth-order valence-corrected chi connectivity index (χ4v) is 4.69. The van der Waals surface area contributed by atoms with E-state index in [2.05, 4.69) is 21.2 Å². The standard InChI is InChI=1S/C12H16BrFN2O2S/c1-15-10-4-6-16(7-5-10)19(17,18)12-3-2-9(14)8-11(12)13/h2-3,8,10,15H,4-7H2,1H3. The van der Waals surface area contributed by atoms with Gasteiger partial charge in [0.2, 0.25) is 10.0 Å². The lowest BCUT2D eigenvalue weighted by Gasteiger charge is -2.31. The molecule has 0 aromatic heterocycles. The molecule has 0 amide bonds. The van der Waals surface area contributed by atoms with Gasteiger partial charge in [-0.25, -0.2) is 12.8 Å². The zero-order chi connectivity index (χ0) is 14.0. The maximum atomic E-state index is 13.0. The van der Waals surface area contributed by atoms with Gasteiger partial charge in [0, 0.05) is 23.6 Å². The molecule has 2 rings (SSSR count). The van der Waals surface area contributed by atoms with Gasteiger partial charge in [-0.3, -0.25) is 0 Å².